The Balaban J connectivity index is 0.00000110. The van der Waals surface area contributed by atoms with Gasteiger partial charge >= 0.3 is 0 Å². The molecule has 0 radical (unpaired) electrons. The van der Waals surface area contributed by atoms with Crippen LogP contribution in [0, 0.1) is 6.92 Å². The lowest BCUT2D eigenvalue weighted by Gasteiger charge is -2.07. The molecular weight excluding hydrogens is 396 g/mol. The standard InChI is InChI=1S/C15H16N4.2BrH/c1-11-18-14-9-17-7-6-15(14)19(11)10-13-4-2-12(8-16)3-5-13;;/h2-7,9H,8,10,16H2,1H3;2*1H. The third-order valence-corrected chi connectivity index (χ3v) is 3.34. The fraction of sp³-hybridized carbons (Fsp3) is 0.200. The smallest absolute Gasteiger partial charge is 0.107 e. The molecule has 0 amide bonds. The van der Waals surface area contributed by atoms with Crippen LogP contribution in [0.4, 0.5) is 0 Å². The number of nitrogens with two attached hydrogens (primary N) is 1. The number of imidazole rings is 1. The Morgan fingerprint density at radius 2 is 1.71 bits per heavy atom. The second-order valence-electron chi connectivity index (χ2n) is 4.63. The zero-order chi connectivity index (χ0) is 13.2. The predicted molar refractivity (Wildman–Crippen MR) is 96.3 cm³/mol. The molecular formula is C15H18Br2N4. The van der Waals surface area contributed by atoms with Crippen molar-refractivity contribution < 1.29 is 0 Å². The van der Waals surface area contributed by atoms with Gasteiger partial charge in [0.15, 0.2) is 0 Å². The third-order valence-electron chi connectivity index (χ3n) is 3.34. The first kappa shape index (κ1) is 17.8. The summed E-state index contributed by atoms with van der Waals surface area (Å²) in [5, 5.41) is 0. The van der Waals surface area contributed by atoms with Crippen molar-refractivity contribution in [3.8, 4) is 0 Å². The van der Waals surface area contributed by atoms with Gasteiger partial charge in [-0.1, -0.05) is 24.3 Å². The second kappa shape index (κ2) is 7.68. The molecule has 0 aliphatic rings. The Labute approximate surface area is 144 Å². The van der Waals surface area contributed by atoms with Crippen molar-refractivity contribution in [3.63, 3.8) is 0 Å². The summed E-state index contributed by atoms with van der Waals surface area (Å²) in [7, 11) is 0. The van der Waals surface area contributed by atoms with E-state index in [1.165, 1.54) is 5.56 Å². The summed E-state index contributed by atoms with van der Waals surface area (Å²) in [6, 6.07) is 10.4. The molecule has 0 atom stereocenters. The first-order valence-corrected chi connectivity index (χ1v) is 6.32. The van der Waals surface area contributed by atoms with Gasteiger partial charge in [0.05, 0.1) is 11.7 Å². The van der Waals surface area contributed by atoms with E-state index in [1.807, 2.05) is 13.0 Å². The summed E-state index contributed by atoms with van der Waals surface area (Å²) in [6.45, 7) is 3.42. The minimum absolute atomic E-state index is 0. The molecule has 4 nitrogen and oxygen atoms in total. The number of benzene rings is 1. The Morgan fingerprint density at radius 3 is 2.38 bits per heavy atom. The molecule has 0 unspecified atom stereocenters. The van der Waals surface area contributed by atoms with Gasteiger partial charge in [0.1, 0.15) is 11.3 Å². The quantitative estimate of drug-likeness (QED) is 0.715. The van der Waals surface area contributed by atoms with Crippen LogP contribution in [0.2, 0.25) is 0 Å². The molecule has 0 saturated carbocycles. The summed E-state index contributed by atoms with van der Waals surface area (Å²) in [5.74, 6) is 1.01. The number of rotatable bonds is 3. The maximum atomic E-state index is 5.61. The van der Waals surface area contributed by atoms with Crippen LogP contribution in [0.5, 0.6) is 0 Å². The minimum atomic E-state index is 0. The van der Waals surface area contributed by atoms with Gasteiger partial charge in [-0.25, -0.2) is 4.98 Å². The van der Waals surface area contributed by atoms with Gasteiger partial charge in [0.2, 0.25) is 0 Å². The van der Waals surface area contributed by atoms with Gasteiger partial charge in [-0.15, -0.1) is 34.0 Å². The summed E-state index contributed by atoms with van der Waals surface area (Å²) in [4.78, 5) is 8.63. The fourth-order valence-corrected chi connectivity index (χ4v) is 2.27. The predicted octanol–water partition coefficient (Wildman–Crippen LogP) is 3.40. The van der Waals surface area contributed by atoms with Crippen molar-refractivity contribution in [3.05, 3.63) is 59.7 Å². The van der Waals surface area contributed by atoms with Gasteiger partial charge < -0.3 is 10.3 Å². The molecule has 0 fully saturated rings. The van der Waals surface area contributed by atoms with Crippen molar-refractivity contribution in [2.24, 2.45) is 5.73 Å². The lowest BCUT2D eigenvalue weighted by Crippen LogP contribution is -2.02. The SMILES string of the molecule is Br.Br.Cc1nc2cnccc2n1Cc1ccc(CN)cc1. The normalized spacial score (nSPS) is 10.0. The molecule has 0 bridgehead atoms. The molecule has 0 saturated heterocycles. The highest BCUT2D eigenvalue weighted by Crippen LogP contribution is 2.16. The van der Waals surface area contributed by atoms with E-state index < -0.39 is 0 Å². The van der Waals surface area contributed by atoms with Crippen molar-refractivity contribution >= 4 is 45.0 Å². The minimum Gasteiger partial charge on any atom is -0.326 e. The fourth-order valence-electron chi connectivity index (χ4n) is 2.27. The maximum Gasteiger partial charge on any atom is 0.107 e. The lowest BCUT2D eigenvalue weighted by molar-refractivity contribution is 0.785. The monoisotopic (exact) mass is 412 g/mol. The van der Waals surface area contributed by atoms with Crippen LogP contribution in [0.25, 0.3) is 11.0 Å². The topological polar surface area (TPSA) is 56.7 Å². The van der Waals surface area contributed by atoms with E-state index in [0.717, 1.165) is 29.0 Å². The van der Waals surface area contributed by atoms with Crippen LogP contribution in [0.1, 0.15) is 17.0 Å². The van der Waals surface area contributed by atoms with Gasteiger partial charge in [-0.3, -0.25) is 4.98 Å². The van der Waals surface area contributed by atoms with Crippen LogP contribution in [-0.2, 0) is 13.1 Å². The van der Waals surface area contributed by atoms with E-state index in [-0.39, 0.29) is 34.0 Å². The highest BCUT2D eigenvalue weighted by molar-refractivity contribution is 8.93. The second-order valence-corrected chi connectivity index (χ2v) is 4.63. The molecule has 3 aromatic rings. The number of nitrogens with zero attached hydrogens (tertiary/aromatic N) is 3. The van der Waals surface area contributed by atoms with Crippen LogP contribution >= 0.6 is 34.0 Å². The van der Waals surface area contributed by atoms with E-state index in [0.29, 0.717) is 6.54 Å². The van der Waals surface area contributed by atoms with E-state index in [4.69, 9.17) is 5.73 Å². The average molecular weight is 414 g/mol. The van der Waals surface area contributed by atoms with E-state index >= 15 is 0 Å². The number of aromatic nitrogens is 3. The van der Waals surface area contributed by atoms with Gasteiger partial charge in [0.25, 0.3) is 0 Å². The Bertz CT molecular complexity index is 707. The van der Waals surface area contributed by atoms with Gasteiger partial charge in [0, 0.05) is 19.3 Å². The third kappa shape index (κ3) is 3.70. The van der Waals surface area contributed by atoms with E-state index in [2.05, 4.69) is 38.8 Å². The summed E-state index contributed by atoms with van der Waals surface area (Å²) in [5.41, 5.74) is 10.1. The Hall–Kier alpha value is -1.24. The molecule has 6 heteroatoms. The van der Waals surface area contributed by atoms with E-state index in [9.17, 15) is 0 Å². The molecule has 21 heavy (non-hydrogen) atoms. The van der Waals surface area contributed by atoms with Crippen molar-refractivity contribution in [2.75, 3.05) is 0 Å². The highest BCUT2D eigenvalue weighted by atomic mass is 79.9. The van der Waals surface area contributed by atoms with Crippen molar-refractivity contribution in [1.29, 1.82) is 0 Å². The lowest BCUT2D eigenvalue weighted by atomic mass is 10.1. The Kier molecular flexibility index (Phi) is 6.51. The molecule has 3 rings (SSSR count). The van der Waals surface area contributed by atoms with E-state index in [1.54, 1.807) is 12.4 Å². The largest absolute Gasteiger partial charge is 0.326 e. The van der Waals surface area contributed by atoms with Crippen molar-refractivity contribution in [1.82, 2.24) is 14.5 Å². The Morgan fingerprint density at radius 1 is 1.05 bits per heavy atom. The zero-order valence-corrected chi connectivity index (χ0v) is 15.1. The van der Waals surface area contributed by atoms with Crippen LogP contribution in [0.15, 0.2) is 42.7 Å². The summed E-state index contributed by atoms with van der Waals surface area (Å²) in [6.07, 6.45) is 3.60. The molecule has 0 aliphatic heterocycles. The molecule has 2 aromatic heterocycles. The first-order valence-electron chi connectivity index (χ1n) is 6.32. The molecule has 0 aliphatic carbocycles. The number of aryl methyl sites for hydroxylation is 1. The molecule has 2 N–H and O–H groups in total. The highest BCUT2D eigenvalue weighted by Gasteiger charge is 2.07. The zero-order valence-electron chi connectivity index (χ0n) is 11.7. The van der Waals surface area contributed by atoms with Crippen LogP contribution < -0.4 is 5.73 Å². The maximum absolute atomic E-state index is 5.61. The molecule has 112 valence electrons. The summed E-state index contributed by atoms with van der Waals surface area (Å²) >= 11 is 0. The number of hydrogen-bond donors (Lipinski definition) is 1. The number of halogens is 2. The molecule has 1 aromatic carbocycles. The number of hydrogen-bond acceptors (Lipinski definition) is 3. The van der Waals surface area contributed by atoms with Crippen LogP contribution in [-0.4, -0.2) is 14.5 Å². The number of pyridine rings is 1. The molecule has 2 heterocycles. The molecule has 0 spiro atoms. The first-order chi connectivity index (χ1) is 9.28. The summed E-state index contributed by atoms with van der Waals surface area (Å²) < 4.78 is 2.20. The van der Waals surface area contributed by atoms with Crippen molar-refractivity contribution in [2.45, 2.75) is 20.0 Å². The number of fused-ring (bicyclic) bond motifs is 1. The van der Waals surface area contributed by atoms with Crippen LogP contribution in [0.3, 0.4) is 0 Å². The average Bonchev–Trinajstić information content (AvgIpc) is 2.76. The van der Waals surface area contributed by atoms with Gasteiger partial charge in [-0.2, -0.15) is 0 Å². The van der Waals surface area contributed by atoms with Gasteiger partial charge in [-0.05, 0) is 24.1 Å².